The summed E-state index contributed by atoms with van der Waals surface area (Å²) in [6.07, 6.45) is 3.00. The van der Waals surface area contributed by atoms with Crippen LogP contribution in [0.4, 0.5) is 5.69 Å². The third-order valence-electron chi connectivity index (χ3n) is 2.16. The summed E-state index contributed by atoms with van der Waals surface area (Å²) in [5.41, 5.74) is 1.26. The highest BCUT2D eigenvalue weighted by Crippen LogP contribution is 2.10. The number of aliphatic imine (C=N–C) groups is 1. The van der Waals surface area contributed by atoms with Crippen LogP contribution in [0.3, 0.4) is 0 Å². The fourth-order valence-corrected chi connectivity index (χ4v) is 1.35. The standard InChI is InChI=1S/C13H10N2O2/c16-13(17)11-7-4-8-14-12(11)9-15-10-5-2-1-3-6-10/h1-9H,(H,16,17). The molecule has 1 heterocycles. The molecule has 4 nitrogen and oxygen atoms in total. The van der Waals surface area contributed by atoms with Gasteiger partial charge in [0.25, 0.3) is 0 Å². The van der Waals surface area contributed by atoms with Crippen LogP contribution in [0.1, 0.15) is 16.1 Å². The first-order valence-electron chi connectivity index (χ1n) is 5.05. The Morgan fingerprint density at radius 1 is 1.18 bits per heavy atom. The molecular formula is C13H10N2O2. The number of pyridine rings is 1. The lowest BCUT2D eigenvalue weighted by atomic mass is 10.2. The number of benzene rings is 1. The number of carboxylic acid groups (broad SMARTS) is 1. The molecule has 0 spiro atoms. The molecular weight excluding hydrogens is 216 g/mol. The van der Waals surface area contributed by atoms with Gasteiger partial charge in [0, 0.05) is 6.20 Å². The van der Waals surface area contributed by atoms with Crippen LogP contribution in [-0.4, -0.2) is 22.3 Å². The number of aromatic nitrogens is 1. The number of nitrogens with zero attached hydrogens (tertiary/aromatic N) is 2. The quantitative estimate of drug-likeness (QED) is 0.818. The van der Waals surface area contributed by atoms with Gasteiger partial charge < -0.3 is 5.11 Å². The summed E-state index contributed by atoms with van der Waals surface area (Å²) in [6, 6.07) is 12.4. The molecule has 1 aromatic carbocycles. The third-order valence-corrected chi connectivity index (χ3v) is 2.16. The van der Waals surface area contributed by atoms with E-state index in [1.165, 1.54) is 12.3 Å². The first-order valence-corrected chi connectivity index (χ1v) is 5.05. The van der Waals surface area contributed by atoms with Gasteiger partial charge in [-0.15, -0.1) is 0 Å². The second-order valence-electron chi connectivity index (χ2n) is 3.34. The Morgan fingerprint density at radius 2 is 1.94 bits per heavy atom. The molecule has 0 aliphatic rings. The molecule has 0 fully saturated rings. The molecule has 2 aromatic rings. The molecule has 0 aliphatic heterocycles. The van der Waals surface area contributed by atoms with E-state index in [4.69, 9.17) is 5.11 Å². The summed E-state index contributed by atoms with van der Waals surface area (Å²) >= 11 is 0. The molecule has 1 N–H and O–H groups in total. The van der Waals surface area contributed by atoms with E-state index in [-0.39, 0.29) is 5.56 Å². The van der Waals surface area contributed by atoms with Crippen molar-refractivity contribution in [2.75, 3.05) is 0 Å². The molecule has 0 atom stereocenters. The van der Waals surface area contributed by atoms with Crippen molar-refractivity contribution >= 4 is 17.9 Å². The van der Waals surface area contributed by atoms with Gasteiger partial charge in [-0.25, -0.2) is 4.79 Å². The van der Waals surface area contributed by atoms with Gasteiger partial charge >= 0.3 is 5.97 Å². The zero-order valence-electron chi connectivity index (χ0n) is 8.95. The Kier molecular flexibility index (Phi) is 3.25. The van der Waals surface area contributed by atoms with E-state index in [1.54, 1.807) is 12.3 Å². The van der Waals surface area contributed by atoms with Gasteiger partial charge in [0.2, 0.25) is 0 Å². The maximum absolute atomic E-state index is 10.9. The van der Waals surface area contributed by atoms with Gasteiger partial charge in [-0.2, -0.15) is 0 Å². The highest BCUT2D eigenvalue weighted by Gasteiger charge is 2.07. The average molecular weight is 226 g/mol. The fraction of sp³-hybridized carbons (Fsp3) is 0. The van der Waals surface area contributed by atoms with Crippen molar-refractivity contribution in [1.29, 1.82) is 0 Å². The summed E-state index contributed by atoms with van der Waals surface area (Å²) in [7, 11) is 0. The molecule has 0 radical (unpaired) electrons. The summed E-state index contributed by atoms with van der Waals surface area (Å²) in [5, 5.41) is 8.96. The van der Waals surface area contributed by atoms with E-state index in [1.807, 2.05) is 30.3 Å². The van der Waals surface area contributed by atoms with Crippen LogP contribution in [0.2, 0.25) is 0 Å². The zero-order chi connectivity index (χ0) is 12.1. The number of hydrogen-bond donors (Lipinski definition) is 1. The monoisotopic (exact) mass is 226 g/mol. The SMILES string of the molecule is O=C(O)c1cccnc1C=Nc1ccccc1. The first kappa shape index (κ1) is 11.0. The van der Waals surface area contributed by atoms with Crippen LogP contribution in [0, 0.1) is 0 Å². The Bertz CT molecular complexity index is 550. The van der Waals surface area contributed by atoms with Crippen LogP contribution in [0.5, 0.6) is 0 Å². The summed E-state index contributed by atoms with van der Waals surface area (Å²) in [5.74, 6) is -1.01. The van der Waals surface area contributed by atoms with E-state index in [0.717, 1.165) is 5.69 Å². The van der Waals surface area contributed by atoms with Crippen molar-refractivity contribution < 1.29 is 9.90 Å². The summed E-state index contributed by atoms with van der Waals surface area (Å²) < 4.78 is 0. The Balaban J connectivity index is 2.30. The molecule has 0 unspecified atom stereocenters. The van der Waals surface area contributed by atoms with Crippen LogP contribution >= 0.6 is 0 Å². The number of carboxylic acids is 1. The van der Waals surface area contributed by atoms with Crippen LogP contribution in [0.15, 0.2) is 53.7 Å². The summed E-state index contributed by atoms with van der Waals surface area (Å²) in [6.45, 7) is 0. The average Bonchev–Trinajstić information content (AvgIpc) is 2.38. The van der Waals surface area contributed by atoms with E-state index in [0.29, 0.717) is 5.69 Å². The Hall–Kier alpha value is -2.49. The summed E-state index contributed by atoms with van der Waals surface area (Å²) in [4.78, 5) is 19.1. The molecule has 0 aliphatic carbocycles. The Labute approximate surface area is 98.3 Å². The van der Waals surface area contributed by atoms with Gasteiger partial charge in [0.15, 0.2) is 0 Å². The number of aromatic carboxylic acids is 1. The van der Waals surface area contributed by atoms with Gasteiger partial charge in [0.05, 0.1) is 23.2 Å². The minimum atomic E-state index is -1.01. The second kappa shape index (κ2) is 5.03. The lowest BCUT2D eigenvalue weighted by Crippen LogP contribution is -2.03. The van der Waals surface area contributed by atoms with Crippen molar-refractivity contribution in [2.45, 2.75) is 0 Å². The molecule has 0 saturated carbocycles. The largest absolute Gasteiger partial charge is 0.478 e. The van der Waals surface area contributed by atoms with Gasteiger partial charge in [-0.3, -0.25) is 9.98 Å². The van der Waals surface area contributed by atoms with Gasteiger partial charge in [-0.05, 0) is 24.3 Å². The number of hydrogen-bond acceptors (Lipinski definition) is 3. The van der Waals surface area contributed by atoms with Crippen molar-refractivity contribution in [3.05, 3.63) is 59.9 Å². The second-order valence-corrected chi connectivity index (χ2v) is 3.34. The van der Waals surface area contributed by atoms with Crippen molar-refractivity contribution in [3.63, 3.8) is 0 Å². The fourth-order valence-electron chi connectivity index (χ4n) is 1.35. The molecule has 0 bridgehead atoms. The molecule has 2 rings (SSSR count). The van der Waals surface area contributed by atoms with Gasteiger partial charge in [0.1, 0.15) is 0 Å². The minimum Gasteiger partial charge on any atom is -0.478 e. The topological polar surface area (TPSA) is 62.5 Å². The predicted molar refractivity (Wildman–Crippen MR) is 64.9 cm³/mol. The first-order chi connectivity index (χ1) is 8.27. The van der Waals surface area contributed by atoms with Crippen LogP contribution in [-0.2, 0) is 0 Å². The molecule has 1 aromatic heterocycles. The Morgan fingerprint density at radius 3 is 2.65 bits per heavy atom. The van der Waals surface area contributed by atoms with Crippen molar-refractivity contribution in [2.24, 2.45) is 4.99 Å². The highest BCUT2D eigenvalue weighted by atomic mass is 16.4. The number of rotatable bonds is 3. The van der Waals surface area contributed by atoms with Crippen LogP contribution < -0.4 is 0 Å². The number of carbonyl (C=O) groups is 1. The van der Waals surface area contributed by atoms with E-state index < -0.39 is 5.97 Å². The van der Waals surface area contributed by atoms with Gasteiger partial charge in [-0.1, -0.05) is 18.2 Å². The van der Waals surface area contributed by atoms with E-state index >= 15 is 0 Å². The molecule has 4 heteroatoms. The lowest BCUT2D eigenvalue weighted by molar-refractivity contribution is 0.0696. The van der Waals surface area contributed by atoms with E-state index in [2.05, 4.69) is 9.98 Å². The zero-order valence-corrected chi connectivity index (χ0v) is 8.95. The smallest absolute Gasteiger partial charge is 0.337 e. The van der Waals surface area contributed by atoms with Crippen LogP contribution in [0.25, 0.3) is 0 Å². The van der Waals surface area contributed by atoms with Crippen molar-refractivity contribution in [3.8, 4) is 0 Å². The van der Waals surface area contributed by atoms with Crippen molar-refractivity contribution in [1.82, 2.24) is 4.98 Å². The molecule has 84 valence electrons. The molecule has 17 heavy (non-hydrogen) atoms. The highest BCUT2D eigenvalue weighted by molar-refractivity contribution is 5.97. The lowest BCUT2D eigenvalue weighted by Gasteiger charge is -1.98. The third kappa shape index (κ3) is 2.75. The maximum atomic E-state index is 10.9. The molecule has 0 amide bonds. The minimum absolute atomic E-state index is 0.146. The van der Waals surface area contributed by atoms with E-state index in [9.17, 15) is 4.79 Å². The predicted octanol–water partition coefficient (Wildman–Crippen LogP) is 2.53. The number of para-hydroxylation sites is 1. The maximum Gasteiger partial charge on any atom is 0.337 e. The normalized spacial score (nSPS) is 10.6. The molecule has 0 saturated heterocycles.